The Morgan fingerprint density at radius 2 is 1.68 bits per heavy atom. The summed E-state index contributed by atoms with van der Waals surface area (Å²) < 4.78 is 67.2. The maximum atomic E-state index is 12.3. The molecule has 1 aromatic carbocycles. The average molecular weight is 460 g/mol. The monoisotopic (exact) mass is 460 g/mol. The van der Waals surface area contributed by atoms with Gasteiger partial charge in [-0.2, -0.15) is 13.2 Å². The highest BCUT2D eigenvalue weighted by atomic mass is 32.2. The van der Waals surface area contributed by atoms with Crippen molar-refractivity contribution < 1.29 is 40.7 Å². The molecule has 14 heteroatoms. The zero-order valence-corrected chi connectivity index (χ0v) is 16.3. The van der Waals surface area contributed by atoms with Gasteiger partial charge < -0.3 is 10.5 Å². The van der Waals surface area contributed by atoms with Crippen LogP contribution < -0.4 is 20.5 Å². The maximum absolute atomic E-state index is 12.3. The second-order valence-electron chi connectivity index (χ2n) is 5.82. The normalized spacial score (nSPS) is 11.5. The Kier molecular flexibility index (Phi) is 7.30. The van der Waals surface area contributed by atoms with Gasteiger partial charge in [0.15, 0.2) is 6.61 Å². The molecule has 0 aliphatic heterocycles. The molecule has 0 aliphatic carbocycles. The number of amides is 3. The molecule has 1 aromatic heterocycles. The number of pyridine rings is 1. The molecule has 0 aliphatic rings. The predicted molar refractivity (Wildman–Crippen MR) is 98.4 cm³/mol. The molecule has 0 bridgehead atoms. The lowest BCUT2D eigenvalue weighted by molar-refractivity contribution is -0.153. The van der Waals surface area contributed by atoms with Crippen LogP contribution in [0.4, 0.5) is 13.2 Å². The summed E-state index contributed by atoms with van der Waals surface area (Å²) in [5, 5.41) is 1.94. The van der Waals surface area contributed by atoms with Gasteiger partial charge in [0.05, 0.1) is 17.0 Å². The van der Waals surface area contributed by atoms with Crippen molar-refractivity contribution in [2.75, 3.05) is 13.2 Å². The van der Waals surface area contributed by atoms with Gasteiger partial charge in [0, 0.05) is 6.20 Å². The quantitative estimate of drug-likeness (QED) is 0.534. The molecule has 0 unspecified atom stereocenters. The highest BCUT2D eigenvalue weighted by Crippen LogP contribution is 2.20. The van der Waals surface area contributed by atoms with Crippen LogP contribution in [0.5, 0.6) is 5.75 Å². The van der Waals surface area contributed by atoms with E-state index in [1.165, 1.54) is 0 Å². The molecule has 166 valence electrons. The third-order valence-corrected chi connectivity index (χ3v) is 4.81. The van der Waals surface area contributed by atoms with Crippen molar-refractivity contribution in [1.82, 2.24) is 15.0 Å². The topological polar surface area (TPSA) is 158 Å². The molecule has 0 fully saturated rings. The molecule has 31 heavy (non-hydrogen) atoms. The fraction of sp³-hybridized carbons (Fsp3) is 0.176. The third kappa shape index (κ3) is 7.04. The van der Waals surface area contributed by atoms with Crippen LogP contribution in [-0.4, -0.2) is 50.5 Å². The van der Waals surface area contributed by atoms with E-state index in [0.717, 1.165) is 42.6 Å². The number of hydrogen-bond donors (Lipinski definition) is 3. The summed E-state index contributed by atoms with van der Waals surface area (Å²) in [6.07, 6.45) is -3.64. The molecular weight excluding hydrogens is 445 g/mol. The zero-order valence-electron chi connectivity index (χ0n) is 15.5. The first kappa shape index (κ1) is 23.8. The highest BCUT2D eigenvalue weighted by Gasteiger charge is 2.28. The largest absolute Gasteiger partial charge is 0.484 e. The van der Waals surface area contributed by atoms with Crippen molar-refractivity contribution in [3.05, 3.63) is 53.9 Å². The first-order valence-corrected chi connectivity index (χ1v) is 9.76. The molecule has 1 heterocycles. The first-order valence-electron chi connectivity index (χ1n) is 8.28. The van der Waals surface area contributed by atoms with E-state index in [0.29, 0.717) is 0 Å². The minimum Gasteiger partial charge on any atom is -0.484 e. The molecule has 10 nitrogen and oxygen atoms in total. The SMILES string of the molecule is NCC(=O)NC(=O)c1ccc(C(=O)NS(=O)(=O)c2ccc(OCC(F)(F)F)cc2)cn1. The summed E-state index contributed by atoms with van der Waals surface area (Å²) in [6.45, 7) is -1.96. The maximum Gasteiger partial charge on any atom is 0.422 e. The number of imide groups is 1. The Morgan fingerprint density at radius 3 is 2.19 bits per heavy atom. The van der Waals surface area contributed by atoms with Gasteiger partial charge in [-0.25, -0.2) is 13.1 Å². The number of rotatable bonds is 7. The van der Waals surface area contributed by atoms with Crippen molar-refractivity contribution in [1.29, 1.82) is 0 Å². The van der Waals surface area contributed by atoms with E-state index in [-0.39, 0.29) is 17.0 Å². The van der Waals surface area contributed by atoms with Gasteiger partial charge in [-0.15, -0.1) is 0 Å². The first-order chi connectivity index (χ1) is 14.4. The Morgan fingerprint density at radius 1 is 1.03 bits per heavy atom. The van der Waals surface area contributed by atoms with Gasteiger partial charge in [0.1, 0.15) is 11.4 Å². The number of nitrogens with two attached hydrogens (primary N) is 1. The summed E-state index contributed by atoms with van der Waals surface area (Å²) in [5.74, 6) is -2.89. The van der Waals surface area contributed by atoms with Gasteiger partial charge in [-0.3, -0.25) is 24.7 Å². The predicted octanol–water partition coefficient (Wildman–Crippen LogP) is 0.356. The number of ether oxygens (including phenoxy) is 1. The molecule has 3 amide bonds. The fourth-order valence-corrected chi connectivity index (χ4v) is 3.00. The van der Waals surface area contributed by atoms with Gasteiger partial charge in [0.25, 0.3) is 21.8 Å². The fourth-order valence-electron chi connectivity index (χ4n) is 2.02. The van der Waals surface area contributed by atoms with Crippen LogP contribution in [0.1, 0.15) is 20.8 Å². The summed E-state index contributed by atoms with van der Waals surface area (Å²) >= 11 is 0. The Labute approximate surface area is 173 Å². The Balaban J connectivity index is 2.05. The minimum atomic E-state index is -4.55. The molecule has 0 saturated carbocycles. The molecule has 4 N–H and O–H groups in total. The van der Waals surface area contributed by atoms with E-state index < -0.39 is 52.0 Å². The molecule has 2 rings (SSSR count). The van der Waals surface area contributed by atoms with Crippen LogP contribution in [0.25, 0.3) is 0 Å². The Bertz CT molecular complexity index is 1070. The summed E-state index contributed by atoms with van der Waals surface area (Å²) in [5.41, 5.74) is 4.64. The number of nitrogens with zero attached hydrogens (tertiary/aromatic N) is 1. The number of halogens is 3. The van der Waals surface area contributed by atoms with E-state index in [4.69, 9.17) is 5.73 Å². The van der Waals surface area contributed by atoms with Crippen molar-refractivity contribution in [3.8, 4) is 5.75 Å². The number of aromatic nitrogens is 1. The van der Waals surface area contributed by atoms with E-state index >= 15 is 0 Å². The summed E-state index contributed by atoms with van der Waals surface area (Å²) in [6, 6.07) is 6.12. The van der Waals surface area contributed by atoms with Crippen LogP contribution in [0.2, 0.25) is 0 Å². The van der Waals surface area contributed by atoms with Crippen LogP contribution in [0.3, 0.4) is 0 Å². The van der Waals surface area contributed by atoms with Gasteiger partial charge in [0.2, 0.25) is 5.91 Å². The standard InChI is InChI=1S/C17H15F3N4O6S/c18-17(19,20)9-30-11-2-4-12(5-3-11)31(28,29)24-15(26)10-1-6-13(22-8-10)16(27)23-14(25)7-21/h1-6,8H,7,9,21H2,(H,24,26)(H,23,25,27). The van der Waals surface area contributed by atoms with E-state index in [2.05, 4.69) is 9.72 Å². The van der Waals surface area contributed by atoms with E-state index in [9.17, 15) is 36.0 Å². The third-order valence-electron chi connectivity index (χ3n) is 3.46. The molecular formula is C17H15F3N4O6S. The lowest BCUT2D eigenvalue weighted by Gasteiger charge is -2.10. The lowest BCUT2D eigenvalue weighted by Crippen LogP contribution is -2.36. The second kappa shape index (κ2) is 9.53. The molecule has 0 saturated heterocycles. The van der Waals surface area contributed by atoms with Gasteiger partial charge in [-0.05, 0) is 36.4 Å². The van der Waals surface area contributed by atoms with Crippen LogP contribution in [0, 0.1) is 0 Å². The lowest BCUT2D eigenvalue weighted by atomic mass is 10.2. The summed E-state index contributed by atoms with van der Waals surface area (Å²) in [4.78, 5) is 38.3. The average Bonchev–Trinajstić information content (AvgIpc) is 2.71. The molecule has 2 aromatic rings. The number of hydrogen-bond acceptors (Lipinski definition) is 8. The Hall–Kier alpha value is -3.52. The number of alkyl halides is 3. The molecule has 0 spiro atoms. The summed E-state index contributed by atoms with van der Waals surface area (Å²) in [7, 11) is -4.36. The van der Waals surface area contributed by atoms with Crippen LogP contribution in [0.15, 0.2) is 47.5 Å². The van der Waals surface area contributed by atoms with E-state index in [1.807, 2.05) is 5.32 Å². The van der Waals surface area contributed by atoms with Crippen LogP contribution >= 0.6 is 0 Å². The number of nitrogens with one attached hydrogen (secondary N) is 2. The van der Waals surface area contributed by atoms with Crippen molar-refractivity contribution >= 4 is 27.7 Å². The number of carbonyl (C=O) groups is 3. The van der Waals surface area contributed by atoms with Gasteiger partial charge in [-0.1, -0.05) is 0 Å². The number of sulfonamides is 1. The number of benzene rings is 1. The van der Waals surface area contributed by atoms with Crippen molar-refractivity contribution in [2.45, 2.75) is 11.1 Å². The molecule has 0 atom stereocenters. The van der Waals surface area contributed by atoms with Crippen molar-refractivity contribution in [2.24, 2.45) is 5.73 Å². The smallest absolute Gasteiger partial charge is 0.422 e. The number of carbonyl (C=O) groups excluding carboxylic acids is 3. The van der Waals surface area contributed by atoms with Gasteiger partial charge >= 0.3 is 6.18 Å². The highest BCUT2D eigenvalue weighted by molar-refractivity contribution is 7.90. The molecule has 0 radical (unpaired) electrons. The second-order valence-corrected chi connectivity index (χ2v) is 7.51. The van der Waals surface area contributed by atoms with Crippen LogP contribution in [-0.2, 0) is 14.8 Å². The minimum absolute atomic E-state index is 0.212. The van der Waals surface area contributed by atoms with Crippen molar-refractivity contribution in [3.63, 3.8) is 0 Å². The van der Waals surface area contributed by atoms with E-state index in [1.54, 1.807) is 4.72 Å². The zero-order chi connectivity index (χ0) is 23.2.